The maximum Gasteiger partial charge on any atom is 0.0235 e. The summed E-state index contributed by atoms with van der Waals surface area (Å²) in [5, 5.41) is 0. The molecule has 0 aromatic heterocycles. The van der Waals surface area contributed by atoms with Gasteiger partial charge in [-0.3, -0.25) is 4.90 Å². The number of likely N-dealkylation sites (tertiary alicyclic amines) is 2. The number of nitrogens with two attached hydrogens (primary N) is 1. The summed E-state index contributed by atoms with van der Waals surface area (Å²) in [6.45, 7) is 8.57. The van der Waals surface area contributed by atoms with Crippen molar-refractivity contribution in [3.05, 3.63) is 0 Å². The summed E-state index contributed by atoms with van der Waals surface area (Å²) in [6.07, 6.45) is 3.76. The number of hydrogen-bond acceptors (Lipinski definition) is 4. The Kier molecular flexibility index (Phi) is 5.60. The van der Waals surface area contributed by atoms with Crippen LogP contribution < -0.4 is 5.73 Å². The van der Waals surface area contributed by atoms with Gasteiger partial charge in [-0.1, -0.05) is 6.92 Å². The van der Waals surface area contributed by atoms with Crippen molar-refractivity contribution in [2.24, 2.45) is 5.73 Å². The normalized spacial score (nSPS) is 28.9. The fraction of sp³-hybridized carbons (Fsp3) is 1.00. The highest BCUT2D eigenvalue weighted by molar-refractivity contribution is 7.99. The maximum absolute atomic E-state index is 5.96. The second kappa shape index (κ2) is 6.98. The molecule has 0 aromatic rings. The molecular weight excluding hydrogens is 230 g/mol. The SMILES string of the molecule is CCSCCN1CCC(N2CCC(N)CC2)C1. The Morgan fingerprint density at radius 2 is 1.94 bits per heavy atom. The van der Waals surface area contributed by atoms with Crippen LogP contribution in [0.1, 0.15) is 26.2 Å². The lowest BCUT2D eigenvalue weighted by Crippen LogP contribution is -2.46. The van der Waals surface area contributed by atoms with Crippen LogP contribution in [0.3, 0.4) is 0 Å². The molecule has 2 aliphatic rings. The first kappa shape index (κ1) is 13.7. The summed E-state index contributed by atoms with van der Waals surface area (Å²) in [5.41, 5.74) is 5.96. The van der Waals surface area contributed by atoms with Crippen molar-refractivity contribution in [1.82, 2.24) is 9.80 Å². The van der Waals surface area contributed by atoms with E-state index in [0.29, 0.717) is 6.04 Å². The molecular formula is C13H27N3S. The second-order valence-electron chi connectivity index (χ2n) is 5.31. The van der Waals surface area contributed by atoms with Crippen molar-refractivity contribution in [3.63, 3.8) is 0 Å². The fourth-order valence-corrected chi connectivity index (χ4v) is 3.61. The van der Waals surface area contributed by atoms with Gasteiger partial charge in [0.15, 0.2) is 0 Å². The average molecular weight is 257 g/mol. The molecule has 0 aliphatic carbocycles. The summed E-state index contributed by atoms with van der Waals surface area (Å²) in [5.74, 6) is 2.55. The third kappa shape index (κ3) is 4.12. The van der Waals surface area contributed by atoms with E-state index in [1.54, 1.807) is 0 Å². The van der Waals surface area contributed by atoms with Gasteiger partial charge in [0.05, 0.1) is 0 Å². The molecule has 2 N–H and O–H groups in total. The van der Waals surface area contributed by atoms with Gasteiger partial charge in [0.2, 0.25) is 0 Å². The van der Waals surface area contributed by atoms with E-state index < -0.39 is 0 Å². The molecule has 0 amide bonds. The molecule has 3 nitrogen and oxygen atoms in total. The molecule has 1 unspecified atom stereocenters. The molecule has 0 spiro atoms. The summed E-state index contributed by atoms with van der Waals surface area (Å²) in [7, 11) is 0. The molecule has 2 rings (SSSR count). The first-order valence-electron chi connectivity index (χ1n) is 7.09. The van der Waals surface area contributed by atoms with Gasteiger partial charge in [-0.05, 0) is 44.6 Å². The summed E-state index contributed by atoms with van der Waals surface area (Å²) >= 11 is 2.06. The number of piperidine rings is 1. The lowest BCUT2D eigenvalue weighted by Gasteiger charge is -2.34. The summed E-state index contributed by atoms with van der Waals surface area (Å²) < 4.78 is 0. The lowest BCUT2D eigenvalue weighted by atomic mass is 10.0. The third-order valence-electron chi connectivity index (χ3n) is 4.09. The van der Waals surface area contributed by atoms with E-state index in [1.165, 1.54) is 63.5 Å². The van der Waals surface area contributed by atoms with Crippen LogP contribution in [0.4, 0.5) is 0 Å². The quantitative estimate of drug-likeness (QED) is 0.751. The number of rotatable bonds is 5. The highest BCUT2D eigenvalue weighted by Gasteiger charge is 2.29. The van der Waals surface area contributed by atoms with Gasteiger partial charge >= 0.3 is 0 Å². The molecule has 4 heteroatoms. The Morgan fingerprint density at radius 1 is 1.18 bits per heavy atom. The van der Waals surface area contributed by atoms with Crippen LogP contribution in [-0.4, -0.2) is 66.1 Å². The van der Waals surface area contributed by atoms with Gasteiger partial charge in [-0.15, -0.1) is 0 Å². The van der Waals surface area contributed by atoms with Gasteiger partial charge in [-0.25, -0.2) is 0 Å². The van der Waals surface area contributed by atoms with E-state index in [2.05, 4.69) is 28.5 Å². The first-order chi connectivity index (χ1) is 8.29. The smallest absolute Gasteiger partial charge is 0.0235 e. The van der Waals surface area contributed by atoms with E-state index >= 15 is 0 Å². The highest BCUT2D eigenvalue weighted by atomic mass is 32.2. The van der Waals surface area contributed by atoms with E-state index in [4.69, 9.17) is 5.73 Å². The van der Waals surface area contributed by atoms with Gasteiger partial charge < -0.3 is 10.6 Å². The Bertz CT molecular complexity index is 217. The van der Waals surface area contributed by atoms with Crippen molar-refractivity contribution < 1.29 is 0 Å². The Morgan fingerprint density at radius 3 is 2.65 bits per heavy atom. The number of hydrogen-bond donors (Lipinski definition) is 1. The van der Waals surface area contributed by atoms with Gasteiger partial charge in [-0.2, -0.15) is 11.8 Å². The molecule has 0 radical (unpaired) electrons. The second-order valence-corrected chi connectivity index (χ2v) is 6.71. The molecule has 0 aromatic carbocycles. The minimum atomic E-state index is 0.463. The molecule has 2 aliphatic heterocycles. The van der Waals surface area contributed by atoms with Gasteiger partial charge in [0.1, 0.15) is 0 Å². The van der Waals surface area contributed by atoms with Crippen LogP contribution in [0, 0.1) is 0 Å². The zero-order valence-electron chi connectivity index (χ0n) is 11.1. The largest absolute Gasteiger partial charge is 0.328 e. The van der Waals surface area contributed by atoms with Crippen molar-refractivity contribution in [3.8, 4) is 0 Å². The van der Waals surface area contributed by atoms with Crippen LogP contribution in [0.15, 0.2) is 0 Å². The summed E-state index contributed by atoms with van der Waals surface area (Å²) in [6, 6.07) is 1.28. The Labute approximate surface area is 110 Å². The minimum absolute atomic E-state index is 0.463. The maximum atomic E-state index is 5.96. The van der Waals surface area contributed by atoms with Gasteiger partial charge in [0, 0.05) is 30.9 Å². The molecule has 2 fully saturated rings. The predicted octanol–water partition coefficient (Wildman–Crippen LogP) is 1.24. The van der Waals surface area contributed by atoms with E-state index in [-0.39, 0.29) is 0 Å². The average Bonchev–Trinajstić information content (AvgIpc) is 2.79. The van der Waals surface area contributed by atoms with Gasteiger partial charge in [0.25, 0.3) is 0 Å². The van der Waals surface area contributed by atoms with Crippen molar-refractivity contribution >= 4 is 11.8 Å². The van der Waals surface area contributed by atoms with Crippen molar-refractivity contribution in [2.45, 2.75) is 38.3 Å². The first-order valence-corrected chi connectivity index (χ1v) is 8.24. The highest BCUT2D eigenvalue weighted by Crippen LogP contribution is 2.20. The molecule has 17 heavy (non-hydrogen) atoms. The number of thioether (sulfide) groups is 1. The predicted molar refractivity (Wildman–Crippen MR) is 76.6 cm³/mol. The molecule has 0 saturated carbocycles. The Balaban J connectivity index is 1.66. The fourth-order valence-electron chi connectivity index (χ4n) is 2.94. The number of nitrogens with zero attached hydrogens (tertiary/aromatic N) is 2. The monoisotopic (exact) mass is 257 g/mol. The third-order valence-corrected chi connectivity index (χ3v) is 4.97. The van der Waals surface area contributed by atoms with E-state index in [9.17, 15) is 0 Å². The summed E-state index contributed by atoms with van der Waals surface area (Å²) in [4.78, 5) is 5.32. The van der Waals surface area contributed by atoms with Crippen LogP contribution in [-0.2, 0) is 0 Å². The standard InChI is InChI=1S/C13H27N3S/c1-2-17-10-9-15-6-5-13(11-15)16-7-3-12(14)4-8-16/h12-13H,2-11,14H2,1H3. The lowest BCUT2D eigenvalue weighted by molar-refractivity contribution is 0.153. The van der Waals surface area contributed by atoms with Crippen molar-refractivity contribution in [2.75, 3.05) is 44.2 Å². The molecule has 0 bridgehead atoms. The Hall–Kier alpha value is 0.230. The zero-order valence-corrected chi connectivity index (χ0v) is 11.9. The molecule has 2 heterocycles. The van der Waals surface area contributed by atoms with E-state index in [0.717, 1.165) is 6.04 Å². The molecule has 1 atom stereocenters. The van der Waals surface area contributed by atoms with Crippen molar-refractivity contribution in [1.29, 1.82) is 0 Å². The molecule has 100 valence electrons. The van der Waals surface area contributed by atoms with E-state index in [1.807, 2.05) is 0 Å². The van der Waals surface area contributed by atoms with Crippen LogP contribution in [0.5, 0.6) is 0 Å². The zero-order chi connectivity index (χ0) is 12.1. The molecule has 2 saturated heterocycles. The van der Waals surface area contributed by atoms with Crippen LogP contribution >= 0.6 is 11.8 Å². The minimum Gasteiger partial charge on any atom is -0.328 e. The van der Waals surface area contributed by atoms with Crippen LogP contribution in [0.2, 0.25) is 0 Å². The topological polar surface area (TPSA) is 32.5 Å². The van der Waals surface area contributed by atoms with Crippen LogP contribution in [0.25, 0.3) is 0 Å².